The van der Waals surface area contributed by atoms with E-state index in [-0.39, 0.29) is 32.3 Å². The molecular formula is C33H63N3O3. The van der Waals surface area contributed by atoms with Crippen molar-refractivity contribution in [2.45, 2.75) is 108 Å². The third-order valence-electron chi connectivity index (χ3n) is 6.61. The molecule has 2 unspecified atom stereocenters. The van der Waals surface area contributed by atoms with E-state index in [2.05, 4.69) is 73.2 Å². The van der Waals surface area contributed by atoms with Gasteiger partial charge in [0.1, 0.15) is 0 Å². The van der Waals surface area contributed by atoms with E-state index in [0.717, 1.165) is 45.0 Å². The van der Waals surface area contributed by atoms with Gasteiger partial charge in [-0.2, -0.15) is 0 Å². The Hall–Kier alpha value is -2.15. The second-order valence-corrected chi connectivity index (χ2v) is 10.1. The smallest absolute Gasteiger partial charge is 0.226 e. The Bertz CT molecular complexity index is 784. The molecule has 0 spiro atoms. The number of carbonyl (C=O) groups is 1. The van der Waals surface area contributed by atoms with Crippen molar-refractivity contribution >= 4 is 5.91 Å². The predicted molar refractivity (Wildman–Crippen MR) is 171 cm³/mol. The van der Waals surface area contributed by atoms with Crippen LogP contribution in [0.4, 0.5) is 0 Å². The number of allylic oxidation sites excluding steroid dienone is 1. The number of ether oxygens (including phenoxy) is 1. The van der Waals surface area contributed by atoms with Gasteiger partial charge in [-0.25, -0.2) is 0 Å². The van der Waals surface area contributed by atoms with Crippen LogP contribution in [-0.4, -0.2) is 61.2 Å². The lowest BCUT2D eigenvalue weighted by Crippen LogP contribution is -2.43. The quantitative estimate of drug-likeness (QED) is 0.345. The topological polar surface area (TPSA) is 85.1 Å². The number of nitrogens with zero attached hydrogens (tertiary/aromatic N) is 1. The molecular weight excluding hydrogens is 486 g/mol. The number of amides is 1. The van der Waals surface area contributed by atoms with Crippen LogP contribution >= 0.6 is 0 Å². The van der Waals surface area contributed by atoms with Crippen molar-refractivity contribution in [3.05, 3.63) is 59.3 Å². The first-order valence-corrected chi connectivity index (χ1v) is 14.0. The molecule has 4 N–H and O–H groups in total. The first kappa shape index (κ1) is 41.3. The van der Waals surface area contributed by atoms with Crippen molar-refractivity contribution in [3.8, 4) is 0 Å². The Morgan fingerprint density at radius 1 is 1.08 bits per heavy atom. The summed E-state index contributed by atoms with van der Waals surface area (Å²) in [6.45, 7) is 23.3. The minimum atomic E-state index is 0. The van der Waals surface area contributed by atoms with E-state index in [4.69, 9.17) is 4.74 Å². The maximum absolute atomic E-state index is 11.6. The average molecular weight is 550 g/mol. The molecule has 1 aromatic carbocycles. The molecule has 0 bridgehead atoms. The summed E-state index contributed by atoms with van der Waals surface area (Å²) in [5, 5.41) is 6.16. The van der Waals surface area contributed by atoms with Gasteiger partial charge >= 0.3 is 0 Å². The lowest BCUT2D eigenvalue weighted by Gasteiger charge is -2.32. The maximum atomic E-state index is 11.6. The zero-order valence-corrected chi connectivity index (χ0v) is 24.7. The molecule has 1 aliphatic carbocycles. The van der Waals surface area contributed by atoms with Crippen molar-refractivity contribution in [1.29, 1.82) is 0 Å². The Balaban J connectivity index is -0.000000584. The van der Waals surface area contributed by atoms with E-state index in [0.29, 0.717) is 18.4 Å². The Morgan fingerprint density at radius 3 is 2.21 bits per heavy atom. The molecule has 2 atom stereocenters. The fourth-order valence-electron chi connectivity index (χ4n) is 4.46. The zero-order valence-electron chi connectivity index (χ0n) is 24.7. The number of rotatable bonds is 9. The monoisotopic (exact) mass is 549 g/mol. The molecule has 1 heterocycles. The van der Waals surface area contributed by atoms with E-state index >= 15 is 0 Å². The molecule has 0 radical (unpaired) electrons. The van der Waals surface area contributed by atoms with Gasteiger partial charge < -0.3 is 20.8 Å². The van der Waals surface area contributed by atoms with Crippen LogP contribution < -0.4 is 10.6 Å². The van der Waals surface area contributed by atoms with Crippen molar-refractivity contribution in [3.63, 3.8) is 0 Å². The number of nitrogens with one attached hydrogen (secondary N) is 2. The average Bonchev–Trinajstić information content (AvgIpc) is 2.86. The van der Waals surface area contributed by atoms with E-state index in [1.54, 1.807) is 0 Å². The van der Waals surface area contributed by atoms with Crippen molar-refractivity contribution in [1.82, 2.24) is 15.5 Å². The molecule has 6 heteroatoms. The summed E-state index contributed by atoms with van der Waals surface area (Å²) in [7, 11) is 0. The summed E-state index contributed by atoms with van der Waals surface area (Å²) in [6, 6.07) is 9.68. The Labute approximate surface area is 242 Å². The number of benzene rings is 1. The minimum absolute atomic E-state index is 0. The van der Waals surface area contributed by atoms with Crippen LogP contribution in [0.1, 0.15) is 93.2 Å². The molecule has 0 aromatic heterocycles. The van der Waals surface area contributed by atoms with Gasteiger partial charge in [0.05, 0.1) is 19.6 Å². The summed E-state index contributed by atoms with van der Waals surface area (Å²) >= 11 is 0. The first-order chi connectivity index (χ1) is 17.2. The molecule has 1 aliphatic heterocycles. The summed E-state index contributed by atoms with van der Waals surface area (Å²) in [5.74, 6) is 0.641. The number of morpholine rings is 1. The third-order valence-corrected chi connectivity index (χ3v) is 6.61. The fourth-order valence-corrected chi connectivity index (χ4v) is 4.46. The van der Waals surface area contributed by atoms with Crippen LogP contribution in [0.25, 0.3) is 0 Å². The number of hydrogen-bond donors (Lipinski definition) is 2. The van der Waals surface area contributed by atoms with E-state index < -0.39 is 0 Å². The van der Waals surface area contributed by atoms with Gasteiger partial charge in [0, 0.05) is 37.4 Å². The predicted octanol–water partition coefficient (Wildman–Crippen LogP) is 6.48. The van der Waals surface area contributed by atoms with E-state index in [9.17, 15) is 4.79 Å². The van der Waals surface area contributed by atoms with Crippen LogP contribution in [0.2, 0.25) is 0 Å². The first-order valence-electron chi connectivity index (χ1n) is 14.0. The summed E-state index contributed by atoms with van der Waals surface area (Å²) in [6.07, 6.45) is 7.54. The summed E-state index contributed by atoms with van der Waals surface area (Å²) in [5.41, 5.74) is 5.05. The molecule has 0 saturated carbocycles. The molecule has 39 heavy (non-hydrogen) atoms. The van der Waals surface area contributed by atoms with Crippen molar-refractivity contribution < 1.29 is 15.0 Å². The van der Waals surface area contributed by atoms with Gasteiger partial charge in [0.2, 0.25) is 5.91 Å². The molecule has 6 nitrogen and oxygen atoms in total. The van der Waals surface area contributed by atoms with Crippen LogP contribution in [0.5, 0.6) is 0 Å². The minimum Gasteiger partial charge on any atom is -0.412 e. The van der Waals surface area contributed by atoms with Crippen LogP contribution in [0, 0.1) is 12.8 Å². The highest BCUT2D eigenvalue weighted by atomic mass is 16.5. The van der Waals surface area contributed by atoms with Crippen molar-refractivity contribution in [2.24, 2.45) is 5.92 Å². The van der Waals surface area contributed by atoms with Crippen LogP contribution in [0.3, 0.4) is 0 Å². The maximum Gasteiger partial charge on any atom is 0.226 e. The lowest BCUT2D eigenvalue weighted by molar-refractivity contribution is -0.120. The second kappa shape index (κ2) is 23.7. The molecule has 1 saturated heterocycles. The van der Waals surface area contributed by atoms with Gasteiger partial charge in [-0.15, -0.1) is 0 Å². The fraction of sp³-hybridized carbons (Fsp3) is 0.667. The lowest BCUT2D eigenvalue weighted by atomic mass is 9.88. The van der Waals surface area contributed by atoms with E-state index in [1.165, 1.54) is 36.0 Å². The Kier molecular flexibility index (Phi) is 25.1. The van der Waals surface area contributed by atoms with Crippen molar-refractivity contribution in [2.75, 3.05) is 32.8 Å². The zero-order chi connectivity index (χ0) is 26.9. The van der Waals surface area contributed by atoms with Crippen LogP contribution in [-0.2, 0) is 16.0 Å². The standard InChI is InChI=1S/C15H26N2O.C14H21NO.C2H6.2CH4.H2O/c1-11(2)17-15(18)9-13(4)16-10-14-8-6-5-7-12(14)3;1-12-3-5-14(6-4-12)11-13(2)15-7-9-16-10-8-15;1-2;;;/h7,11,14,16H,4-6,8-10H2,1-3H3,(H,17,18);3-6,13H,7-11H2,1-2H3;1-2H3;2*1H4;1H2. The second-order valence-electron chi connectivity index (χ2n) is 10.1. The van der Waals surface area contributed by atoms with Gasteiger partial charge in [-0.05, 0) is 71.8 Å². The molecule has 1 fully saturated rings. The van der Waals surface area contributed by atoms with Gasteiger partial charge in [-0.1, -0.05) is 76.8 Å². The molecule has 228 valence electrons. The summed E-state index contributed by atoms with van der Waals surface area (Å²) in [4.78, 5) is 14.1. The van der Waals surface area contributed by atoms with Gasteiger partial charge in [0.15, 0.2) is 0 Å². The number of hydrogen-bond acceptors (Lipinski definition) is 4. The molecule has 2 aliphatic rings. The van der Waals surface area contributed by atoms with Gasteiger partial charge in [0.25, 0.3) is 0 Å². The normalized spacial score (nSPS) is 17.1. The summed E-state index contributed by atoms with van der Waals surface area (Å²) < 4.78 is 5.37. The highest BCUT2D eigenvalue weighted by Gasteiger charge is 2.17. The van der Waals surface area contributed by atoms with Gasteiger partial charge in [-0.3, -0.25) is 9.69 Å². The Morgan fingerprint density at radius 2 is 1.67 bits per heavy atom. The van der Waals surface area contributed by atoms with Crippen LogP contribution in [0.15, 0.2) is 48.2 Å². The molecule has 1 aromatic rings. The highest BCUT2D eigenvalue weighted by molar-refractivity contribution is 5.78. The SMILES string of the molecule is C.C.C=C(CC(=O)NC(C)C)NCC1CCCC=C1C.CC.Cc1ccc(CC(C)N2CCOCC2)cc1.O. The largest absolute Gasteiger partial charge is 0.412 e. The number of aryl methyl sites for hydroxylation is 1. The van der Waals surface area contributed by atoms with E-state index in [1.807, 2.05) is 27.7 Å². The number of carbonyl (C=O) groups excluding carboxylic acids is 1. The third kappa shape index (κ3) is 17.9. The molecule has 1 amide bonds. The highest BCUT2D eigenvalue weighted by Crippen LogP contribution is 2.23. The molecule has 3 rings (SSSR count).